The van der Waals surface area contributed by atoms with Crippen LogP contribution >= 0.6 is 0 Å². The molecule has 0 aliphatic carbocycles. The number of hydrogen-bond acceptors (Lipinski definition) is 2. The van der Waals surface area contributed by atoms with E-state index < -0.39 is 0 Å². The molecule has 21 heavy (non-hydrogen) atoms. The highest BCUT2D eigenvalue weighted by atomic mass is 15.3. The number of fused-ring (bicyclic) bond motifs is 1. The molecule has 0 saturated carbocycles. The average Bonchev–Trinajstić information content (AvgIpc) is 2.91. The van der Waals surface area contributed by atoms with Crippen molar-refractivity contribution < 1.29 is 0 Å². The second-order valence-corrected chi connectivity index (χ2v) is 5.62. The molecule has 0 aliphatic rings. The number of para-hydroxylation sites is 1. The van der Waals surface area contributed by atoms with Crippen LogP contribution in [0.25, 0.3) is 16.6 Å². The van der Waals surface area contributed by atoms with Crippen molar-refractivity contribution in [1.29, 1.82) is 0 Å². The second-order valence-electron chi connectivity index (χ2n) is 5.62. The average molecular weight is 279 g/mol. The van der Waals surface area contributed by atoms with Crippen molar-refractivity contribution in [2.24, 2.45) is 5.73 Å². The van der Waals surface area contributed by atoms with Crippen LogP contribution in [-0.4, -0.2) is 15.8 Å². The topological polar surface area (TPSA) is 43.8 Å². The van der Waals surface area contributed by atoms with E-state index in [1.807, 2.05) is 23.0 Å². The van der Waals surface area contributed by atoms with Crippen molar-refractivity contribution in [3.63, 3.8) is 0 Å². The van der Waals surface area contributed by atoms with Gasteiger partial charge in [-0.1, -0.05) is 42.8 Å². The lowest BCUT2D eigenvalue weighted by atomic mass is 10.0. The lowest BCUT2D eigenvalue weighted by Crippen LogP contribution is -2.22. The normalized spacial score (nSPS) is 12.7. The zero-order valence-corrected chi connectivity index (χ0v) is 12.6. The molecule has 0 fully saturated rings. The SMILES string of the molecule is CCC(N)Cc1cc(C)ccc1-n1ncc2ccccc21. The fraction of sp³-hybridized carbons (Fsp3) is 0.278. The highest BCUT2D eigenvalue weighted by molar-refractivity contribution is 5.80. The first-order chi connectivity index (χ1) is 10.2. The van der Waals surface area contributed by atoms with Gasteiger partial charge < -0.3 is 5.73 Å². The molecule has 3 aromatic rings. The van der Waals surface area contributed by atoms with Crippen LogP contribution in [0.3, 0.4) is 0 Å². The number of nitrogens with zero attached hydrogens (tertiary/aromatic N) is 2. The minimum Gasteiger partial charge on any atom is -0.327 e. The van der Waals surface area contributed by atoms with Crippen molar-refractivity contribution >= 4 is 10.9 Å². The first-order valence-electron chi connectivity index (χ1n) is 7.47. The minimum atomic E-state index is 0.187. The maximum Gasteiger partial charge on any atom is 0.0741 e. The van der Waals surface area contributed by atoms with Crippen LogP contribution in [0.15, 0.2) is 48.7 Å². The smallest absolute Gasteiger partial charge is 0.0741 e. The summed E-state index contributed by atoms with van der Waals surface area (Å²) in [7, 11) is 0. The molecule has 0 saturated heterocycles. The standard InChI is InChI=1S/C18H21N3/c1-3-16(19)11-15-10-13(2)8-9-18(15)21-17-7-5-4-6-14(17)12-20-21/h4-10,12,16H,3,11,19H2,1-2H3. The molecule has 2 aromatic carbocycles. The molecule has 3 rings (SSSR count). The Kier molecular flexibility index (Phi) is 3.76. The van der Waals surface area contributed by atoms with Crippen LogP contribution in [0.5, 0.6) is 0 Å². The molecule has 3 nitrogen and oxygen atoms in total. The fourth-order valence-corrected chi connectivity index (χ4v) is 2.67. The summed E-state index contributed by atoms with van der Waals surface area (Å²) in [4.78, 5) is 0. The fourth-order valence-electron chi connectivity index (χ4n) is 2.67. The van der Waals surface area contributed by atoms with Gasteiger partial charge in [-0.05, 0) is 37.5 Å². The van der Waals surface area contributed by atoms with E-state index in [0.717, 1.165) is 29.4 Å². The van der Waals surface area contributed by atoms with Gasteiger partial charge >= 0.3 is 0 Å². The maximum absolute atomic E-state index is 6.16. The van der Waals surface area contributed by atoms with Crippen LogP contribution in [0.2, 0.25) is 0 Å². The van der Waals surface area contributed by atoms with Crippen molar-refractivity contribution in [2.45, 2.75) is 32.7 Å². The Morgan fingerprint density at radius 2 is 2.00 bits per heavy atom. The van der Waals surface area contributed by atoms with E-state index >= 15 is 0 Å². The molecule has 0 amide bonds. The quantitative estimate of drug-likeness (QED) is 0.792. The van der Waals surface area contributed by atoms with Gasteiger partial charge in [-0.15, -0.1) is 0 Å². The molecule has 3 heteroatoms. The Morgan fingerprint density at radius 1 is 1.19 bits per heavy atom. The summed E-state index contributed by atoms with van der Waals surface area (Å²) in [6, 6.07) is 15.0. The third-order valence-corrected chi connectivity index (χ3v) is 3.95. The number of benzene rings is 2. The Hall–Kier alpha value is -2.13. The molecule has 2 N–H and O–H groups in total. The van der Waals surface area contributed by atoms with Crippen LogP contribution in [-0.2, 0) is 6.42 Å². The predicted molar refractivity (Wildman–Crippen MR) is 87.8 cm³/mol. The maximum atomic E-state index is 6.16. The van der Waals surface area contributed by atoms with Crippen molar-refractivity contribution in [1.82, 2.24) is 9.78 Å². The summed E-state index contributed by atoms with van der Waals surface area (Å²) in [5, 5.41) is 5.72. The molecule has 0 aliphatic heterocycles. The van der Waals surface area contributed by atoms with E-state index in [2.05, 4.69) is 49.3 Å². The van der Waals surface area contributed by atoms with Crippen LogP contribution < -0.4 is 5.73 Å². The van der Waals surface area contributed by atoms with Crippen molar-refractivity contribution in [3.8, 4) is 5.69 Å². The molecule has 0 radical (unpaired) electrons. The molecule has 1 atom stereocenters. The largest absolute Gasteiger partial charge is 0.327 e. The second kappa shape index (κ2) is 5.70. The number of rotatable bonds is 4. The summed E-state index contributed by atoms with van der Waals surface area (Å²) < 4.78 is 2.02. The van der Waals surface area contributed by atoms with Crippen molar-refractivity contribution in [2.75, 3.05) is 0 Å². The van der Waals surface area contributed by atoms with Gasteiger partial charge in [0.1, 0.15) is 0 Å². The number of hydrogen-bond donors (Lipinski definition) is 1. The zero-order valence-electron chi connectivity index (χ0n) is 12.6. The Morgan fingerprint density at radius 3 is 2.81 bits per heavy atom. The lowest BCUT2D eigenvalue weighted by Gasteiger charge is -2.15. The van der Waals surface area contributed by atoms with Gasteiger partial charge in [0.25, 0.3) is 0 Å². The van der Waals surface area contributed by atoms with E-state index in [1.54, 1.807) is 0 Å². The monoisotopic (exact) mass is 279 g/mol. The molecule has 1 aromatic heterocycles. The molecule has 108 valence electrons. The van der Waals surface area contributed by atoms with Crippen LogP contribution in [0, 0.1) is 6.92 Å². The molecule has 0 spiro atoms. The third-order valence-electron chi connectivity index (χ3n) is 3.95. The summed E-state index contributed by atoms with van der Waals surface area (Å²) in [5.41, 5.74) is 10.9. The van der Waals surface area contributed by atoms with Gasteiger partial charge in [-0.3, -0.25) is 0 Å². The highest BCUT2D eigenvalue weighted by Gasteiger charge is 2.11. The van der Waals surface area contributed by atoms with Crippen LogP contribution in [0.4, 0.5) is 0 Å². The van der Waals surface area contributed by atoms with E-state index in [1.165, 1.54) is 11.1 Å². The molecular formula is C18H21N3. The summed E-state index contributed by atoms with van der Waals surface area (Å²) in [6.07, 6.45) is 3.77. The van der Waals surface area contributed by atoms with Crippen molar-refractivity contribution in [3.05, 3.63) is 59.8 Å². The lowest BCUT2D eigenvalue weighted by molar-refractivity contribution is 0.643. The van der Waals surface area contributed by atoms with Crippen LogP contribution in [0.1, 0.15) is 24.5 Å². The number of nitrogens with two attached hydrogens (primary N) is 1. The van der Waals surface area contributed by atoms with E-state index in [9.17, 15) is 0 Å². The molecule has 1 heterocycles. The van der Waals surface area contributed by atoms with Gasteiger partial charge in [-0.25, -0.2) is 4.68 Å². The first-order valence-corrected chi connectivity index (χ1v) is 7.47. The van der Waals surface area contributed by atoms with Gasteiger partial charge in [0.2, 0.25) is 0 Å². The molecular weight excluding hydrogens is 258 g/mol. The highest BCUT2D eigenvalue weighted by Crippen LogP contribution is 2.23. The Labute approximate surface area is 125 Å². The van der Waals surface area contributed by atoms with E-state index in [4.69, 9.17) is 5.73 Å². The molecule has 1 unspecified atom stereocenters. The van der Waals surface area contributed by atoms with E-state index in [-0.39, 0.29) is 6.04 Å². The first kappa shape index (κ1) is 13.8. The summed E-state index contributed by atoms with van der Waals surface area (Å²) in [5.74, 6) is 0. The zero-order chi connectivity index (χ0) is 14.8. The van der Waals surface area contributed by atoms with E-state index in [0.29, 0.717) is 0 Å². The summed E-state index contributed by atoms with van der Waals surface area (Å²) >= 11 is 0. The van der Waals surface area contributed by atoms with Gasteiger partial charge in [0, 0.05) is 11.4 Å². The summed E-state index contributed by atoms with van der Waals surface area (Å²) in [6.45, 7) is 4.25. The predicted octanol–water partition coefficient (Wildman–Crippen LogP) is 3.61. The third kappa shape index (κ3) is 2.69. The molecule has 0 bridgehead atoms. The van der Waals surface area contributed by atoms with Gasteiger partial charge in [-0.2, -0.15) is 5.10 Å². The van der Waals surface area contributed by atoms with Gasteiger partial charge in [0.15, 0.2) is 0 Å². The number of aromatic nitrogens is 2. The number of aryl methyl sites for hydroxylation is 1. The van der Waals surface area contributed by atoms with Gasteiger partial charge in [0.05, 0.1) is 17.4 Å². The Balaban J connectivity index is 2.13. The minimum absolute atomic E-state index is 0.187. The Bertz CT molecular complexity index is 758.